The van der Waals surface area contributed by atoms with E-state index in [1.54, 1.807) is 18.2 Å². The molecular formula is C13H7BrINO. The summed E-state index contributed by atoms with van der Waals surface area (Å²) in [7, 11) is 0. The van der Waals surface area contributed by atoms with Crippen molar-refractivity contribution in [3.8, 4) is 17.6 Å². The van der Waals surface area contributed by atoms with Crippen LogP contribution in [-0.2, 0) is 0 Å². The minimum atomic E-state index is 0.604. The van der Waals surface area contributed by atoms with Gasteiger partial charge in [0.05, 0.1) is 16.1 Å². The summed E-state index contributed by atoms with van der Waals surface area (Å²) in [4.78, 5) is 0. The topological polar surface area (TPSA) is 33.0 Å². The quantitative estimate of drug-likeness (QED) is 0.684. The predicted octanol–water partition coefficient (Wildman–Crippen LogP) is 4.72. The SMILES string of the molecule is N#Cc1ccc(Oc2cccc(I)c2)c(Br)c1. The number of benzene rings is 2. The standard InChI is InChI=1S/C13H7BrINO/c14-12-6-9(8-16)4-5-13(12)17-11-3-1-2-10(15)7-11/h1-7H. The first-order valence-corrected chi connectivity index (χ1v) is 6.69. The molecule has 2 aromatic carbocycles. The van der Waals surface area contributed by atoms with Crippen molar-refractivity contribution in [1.29, 1.82) is 5.26 Å². The Morgan fingerprint density at radius 3 is 2.65 bits per heavy atom. The zero-order valence-corrected chi connectivity index (χ0v) is 12.4. The van der Waals surface area contributed by atoms with Crippen LogP contribution in [0.1, 0.15) is 5.56 Å². The summed E-state index contributed by atoms with van der Waals surface area (Å²) >= 11 is 5.62. The van der Waals surface area contributed by atoms with Gasteiger partial charge in [-0.15, -0.1) is 0 Å². The van der Waals surface area contributed by atoms with Crippen LogP contribution in [0.25, 0.3) is 0 Å². The molecule has 0 aliphatic carbocycles. The van der Waals surface area contributed by atoms with Crippen LogP contribution >= 0.6 is 38.5 Å². The zero-order chi connectivity index (χ0) is 12.3. The summed E-state index contributed by atoms with van der Waals surface area (Å²) in [6.45, 7) is 0. The number of nitriles is 1. The van der Waals surface area contributed by atoms with Crippen molar-refractivity contribution in [3.63, 3.8) is 0 Å². The molecule has 2 nitrogen and oxygen atoms in total. The molecule has 0 aromatic heterocycles. The average Bonchev–Trinajstić information content (AvgIpc) is 2.32. The third-order valence-electron chi connectivity index (χ3n) is 2.08. The maximum Gasteiger partial charge on any atom is 0.141 e. The third kappa shape index (κ3) is 3.20. The van der Waals surface area contributed by atoms with Crippen molar-refractivity contribution in [1.82, 2.24) is 0 Å². The van der Waals surface area contributed by atoms with Crippen LogP contribution in [0.15, 0.2) is 46.9 Å². The lowest BCUT2D eigenvalue weighted by atomic mass is 10.2. The van der Waals surface area contributed by atoms with Gasteiger partial charge >= 0.3 is 0 Å². The number of rotatable bonds is 2. The number of hydrogen-bond acceptors (Lipinski definition) is 2. The minimum absolute atomic E-state index is 0.604. The normalized spacial score (nSPS) is 9.71. The van der Waals surface area contributed by atoms with Gasteiger partial charge in [-0.25, -0.2) is 0 Å². The van der Waals surface area contributed by atoms with Gasteiger partial charge in [0, 0.05) is 3.57 Å². The molecule has 0 amide bonds. The van der Waals surface area contributed by atoms with E-state index < -0.39 is 0 Å². The summed E-state index contributed by atoms with van der Waals surface area (Å²) < 4.78 is 7.62. The summed E-state index contributed by atoms with van der Waals surface area (Å²) in [5.41, 5.74) is 0.604. The van der Waals surface area contributed by atoms with Crippen molar-refractivity contribution in [2.45, 2.75) is 0 Å². The van der Waals surface area contributed by atoms with Gasteiger partial charge in [-0.1, -0.05) is 6.07 Å². The van der Waals surface area contributed by atoms with Crippen LogP contribution in [0.5, 0.6) is 11.5 Å². The highest BCUT2D eigenvalue weighted by Gasteiger charge is 2.04. The van der Waals surface area contributed by atoms with Gasteiger partial charge in [0.15, 0.2) is 0 Å². The van der Waals surface area contributed by atoms with Crippen LogP contribution in [-0.4, -0.2) is 0 Å². The lowest BCUT2D eigenvalue weighted by Gasteiger charge is -2.08. The van der Waals surface area contributed by atoms with Crippen LogP contribution < -0.4 is 4.74 Å². The monoisotopic (exact) mass is 399 g/mol. The maximum atomic E-state index is 8.77. The van der Waals surface area contributed by atoms with Crippen molar-refractivity contribution >= 4 is 38.5 Å². The second kappa shape index (κ2) is 5.52. The Bertz CT molecular complexity index is 592. The fraction of sp³-hybridized carbons (Fsp3) is 0. The van der Waals surface area contributed by atoms with E-state index in [1.165, 1.54) is 0 Å². The van der Waals surface area contributed by atoms with E-state index >= 15 is 0 Å². The lowest BCUT2D eigenvalue weighted by Crippen LogP contribution is -1.86. The summed E-state index contributed by atoms with van der Waals surface area (Å²) in [6.07, 6.45) is 0. The third-order valence-corrected chi connectivity index (χ3v) is 3.38. The maximum absolute atomic E-state index is 8.77. The summed E-state index contributed by atoms with van der Waals surface area (Å²) in [6, 6.07) is 15.1. The average molecular weight is 400 g/mol. The van der Waals surface area contributed by atoms with Crippen molar-refractivity contribution in [2.75, 3.05) is 0 Å². The Kier molecular flexibility index (Phi) is 4.02. The Labute approximate surface area is 121 Å². The Hall–Kier alpha value is -1.06. The fourth-order valence-corrected chi connectivity index (χ4v) is 2.28. The van der Waals surface area contributed by atoms with Crippen LogP contribution in [0, 0.1) is 14.9 Å². The zero-order valence-electron chi connectivity index (χ0n) is 8.65. The Morgan fingerprint density at radius 1 is 1.18 bits per heavy atom. The van der Waals surface area contributed by atoms with Crippen LogP contribution in [0.3, 0.4) is 0 Å². The molecule has 0 saturated carbocycles. The number of hydrogen-bond donors (Lipinski definition) is 0. The van der Waals surface area contributed by atoms with Crippen LogP contribution in [0.2, 0.25) is 0 Å². The molecule has 0 unspecified atom stereocenters. The van der Waals surface area contributed by atoms with Gasteiger partial charge in [0.1, 0.15) is 11.5 Å². The molecule has 0 aliphatic rings. The van der Waals surface area contributed by atoms with Crippen molar-refractivity contribution in [2.24, 2.45) is 0 Å². The van der Waals surface area contributed by atoms with E-state index in [-0.39, 0.29) is 0 Å². The van der Waals surface area contributed by atoms with Gasteiger partial charge in [0.25, 0.3) is 0 Å². The first-order chi connectivity index (χ1) is 8.19. The molecule has 2 aromatic rings. The molecule has 0 atom stereocenters. The Balaban J connectivity index is 2.28. The molecule has 2 rings (SSSR count). The highest BCUT2D eigenvalue weighted by Crippen LogP contribution is 2.30. The van der Waals surface area contributed by atoms with Crippen molar-refractivity contribution in [3.05, 3.63) is 56.1 Å². The molecule has 0 saturated heterocycles. The molecule has 0 heterocycles. The van der Waals surface area contributed by atoms with E-state index in [2.05, 4.69) is 44.6 Å². The van der Waals surface area contributed by atoms with E-state index in [0.29, 0.717) is 11.3 Å². The van der Waals surface area contributed by atoms with Gasteiger partial charge in [-0.3, -0.25) is 0 Å². The lowest BCUT2D eigenvalue weighted by molar-refractivity contribution is 0.479. The number of nitrogens with zero attached hydrogens (tertiary/aromatic N) is 1. The van der Waals surface area contributed by atoms with Gasteiger partial charge in [-0.2, -0.15) is 5.26 Å². The highest BCUT2D eigenvalue weighted by molar-refractivity contribution is 14.1. The first-order valence-electron chi connectivity index (χ1n) is 4.82. The second-order valence-corrected chi connectivity index (χ2v) is 5.42. The largest absolute Gasteiger partial charge is 0.456 e. The second-order valence-electron chi connectivity index (χ2n) is 3.32. The summed E-state index contributed by atoms with van der Waals surface area (Å²) in [5, 5.41) is 8.77. The summed E-state index contributed by atoms with van der Waals surface area (Å²) in [5.74, 6) is 1.48. The fourth-order valence-electron chi connectivity index (χ4n) is 1.31. The predicted molar refractivity (Wildman–Crippen MR) is 78.1 cm³/mol. The highest BCUT2D eigenvalue weighted by atomic mass is 127. The smallest absolute Gasteiger partial charge is 0.141 e. The van der Waals surface area contributed by atoms with Crippen LogP contribution in [0.4, 0.5) is 0 Å². The molecule has 0 spiro atoms. The molecule has 0 aliphatic heterocycles. The molecule has 0 bridgehead atoms. The first kappa shape index (κ1) is 12.4. The molecule has 0 fully saturated rings. The molecule has 0 N–H and O–H groups in total. The Morgan fingerprint density at radius 2 is 2.00 bits per heavy atom. The minimum Gasteiger partial charge on any atom is -0.456 e. The van der Waals surface area contributed by atoms with E-state index in [0.717, 1.165) is 13.8 Å². The molecule has 84 valence electrons. The molecule has 0 radical (unpaired) electrons. The van der Waals surface area contributed by atoms with E-state index in [4.69, 9.17) is 10.00 Å². The van der Waals surface area contributed by atoms with Gasteiger partial charge in [0.2, 0.25) is 0 Å². The number of ether oxygens (including phenoxy) is 1. The van der Waals surface area contributed by atoms with Gasteiger partial charge in [-0.05, 0) is 74.9 Å². The molecule has 17 heavy (non-hydrogen) atoms. The molecular weight excluding hydrogens is 393 g/mol. The van der Waals surface area contributed by atoms with E-state index in [1.807, 2.05) is 24.3 Å². The molecule has 4 heteroatoms. The van der Waals surface area contributed by atoms with Gasteiger partial charge < -0.3 is 4.74 Å². The van der Waals surface area contributed by atoms with E-state index in [9.17, 15) is 0 Å². The van der Waals surface area contributed by atoms with Crippen molar-refractivity contribution < 1.29 is 4.74 Å². The number of halogens is 2.